The lowest BCUT2D eigenvalue weighted by molar-refractivity contribution is -0.184. The number of carbonyl (C=O) groups excluding carboxylic acids is 1. The van der Waals surface area contributed by atoms with Crippen molar-refractivity contribution in [3.63, 3.8) is 0 Å². The van der Waals surface area contributed by atoms with Crippen molar-refractivity contribution in [1.29, 1.82) is 0 Å². The molecule has 0 fully saturated rings. The van der Waals surface area contributed by atoms with E-state index in [-0.39, 0.29) is 19.3 Å². The van der Waals surface area contributed by atoms with Crippen LogP contribution in [0, 0.1) is 0 Å². The molecule has 0 aliphatic carbocycles. The smallest absolute Gasteiger partial charge is 0.434 e. The average Bonchev–Trinajstić information content (AvgIpc) is 2.46. The van der Waals surface area contributed by atoms with Gasteiger partial charge in [0.15, 0.2) is 0 Å². The predicted molar refractivity (Wildman–Crippen MR) is 69.0 cm³/mol. The van der Waals surface area contributed by atoms with Gasteiger partial charge in [0, 0.05) is 0 Å². The third-order valence-corrected chi connectivity index (χ3v) is 2.76. The van der Waals surface area contributed by atoms with Crippen LogP contribution in [0.3, 0.4) is 0 Å². The van der Waals surface area contributed by atoms with Gasteiger partial charge in [0.1, 0.15) is 18.8 Å². The summed E-state index contributed by atoms with van der Waals surface area (Å²) in [7, 11) is 0. The van der Waals surface area contributed by atoms with Gasteiger partial charge in [-0.25, -0.2) is 4.79 Å². The highest BCUT2D eigenvalue weighted by molar-refractivity contribution is 5.67. The van der Waals surface area contributed by atoms with Gasteiger partial charge in [-0.3, -0.25) is 4.84 Å². The Morgan fingerprint density at radius 3 is 2.79 bits per heavy atom. The summed E-state index contributed by atoms with van der Waals surface area (Å²) >= 11 is 0. The largest absolute Gasteiger partial charge is 0.443 e. The fourth-order valence-electron chi connectivity index (χ4n) is 1.75. The first kappa shape index (κ1) is 13.6. The van der Waals surface area contributed by atoms with Crippen molar-refractivity contribution in [1.82, 2.24) is 5.06 Å². The molecule has 0 aromatic heterocycles. The van der Waals surface area contributed by atoms with E-state index in [0.717, 1.165) is 10.6 Å². The number of aliphatic hydroxyl groups is 1. The first-order valence-electron chi connectivity index (χ1n) is 6.16. The Labute approximate surface area is 112 Å². The molecule has 1 aromatic carbocycles. The summed E-state index contributed by atoms with van der Waals surface area (Å²) in [5.74, 6) is 0. The minimum atomic E-state index is -0.598. The molecule has 102 valence electrons. The number of hydroxylamine groups is 2. The fourth-order valence-corrected chi connectivity index (χ4v) is 1.75. The lowest BCUT2D eigenvalue weighted by Gasteiger charge is -2.31. The SMILES string of the molecule is C[C@@H]1C=C[C@H](CO)N(C(=O)OCc2ccccc2)O1. The maximum absolute atomic E-state index is 11.9. The van der Waals surface area contributed by atoms with E-state index >= 15 is 0 Å². The van der Waals surface area contributed by atoms with Gasteiger partial charge < -0.3 is 9.84 Å². The summed E-state index contributed by atoms with van der Waals surface area (Å²) in [5, 5.41) is 10.3. The first-order chi connectivity index (χ1) is 9.20. The van der Waals surface area contributed by atoms with E-state index in [0.29, 0.717) is 0 Å². The van der Waals surface area contributed by atoms with Crippen LogP contribution in [0.15, 0.2) is 42.5 Å². The second-order valence-electron chi connectivity index (χ2n) is 4.31. The van der Waals surface area contributed by atoms with Crippen LogP contribution in [0.4, 0.5) is 4.79 Å². The molecule has 0 radical (unpaired) electrons. The van der Waals surface area contributed by atoms with E-state index in [9.17, 15) is 9.90 Å². The Bertz CT molecular complexity index is 446. The van der Waals surface area contributed by atoms with Crippen LogP contribution in [-0.4, -0.2) is 35.0 Å². The fraction of sp³-hybridized carbons (Fsp3) is 0.357. The number of hydrogen-bond acceptors (Lipinski definition) is 4. The van der Waals surface area contributed by atoms with Gasteiger partial charge >= 0.3 is 6.09 Å². The van der Waals surface area contributed by atoms with Crippen molar-refractivity contribution in [2.45, 2.75) is 25.7 Å². The highest BCUT2D eigenvalue weighted by atomic mass is 16.7. The molecule has 1 aliphatic heterocycles. The van der Waals surface area contributed by atoms with E-state index in [4.69, 9.17) is 9.57 Å². The van der Waals surface area contributed by atoms with Gasteiger partial charge in [0.2, 0.25) is 0 Å². The van der Waals surface area contributed by atoms with E-state index in [1.54, 1.807) is 12.2 Å². The van der Waals surface area contributed by atoms with Crippen LogP contribution < -0.4 is 0 Å². The average molecular weight is 263 g/mol. The molecule has 2 rings (SSSR count). The van der Waals surface area contributed by atoms with Gasteiger partial charge in [-0.2, -0.15) is 5.06 Å². The van der Waals surface area contributed by atoms with E-state index in [1.165, 1.54) is 0 Å². The number of rotatable bonds is 3. The number of benzene rings is 1. The third kappa shape index (κ3) is 3.56. The molecule has 1 aliphatic rings. The quantitative estimate of drug-likeness (QED) is 0.846. The molecule has 2 atom stereocenters. The Kier molecular flexibility index (Phi) is 4.54. The first-order valence-corrected chi connectivity index (χ1v) is 6.16. The van der Waals surface area contributed by atoms with E-state index < -0.39 is 12.1 Å². The molecular weight excluding hydrogens is 246 g/mol. The van der Waals surface area contributed by atoms with Crippen molar-refractivity contribution >= 4 is 6.09 Å². The van der Waals surface area contributed by atoms with Crippen molar-refractivity contribution < 1.29 is 19.5 Å². The normalized spacial score (nSPS) is 22.3. The van der Waals surface area contributed by atoms with E-state index in [1.807, 2.05) is 37.3 Å². The number of ether oxygens (including phenoxy) is 1. The lowest BCUT2D eigenvalue weighted by Crippen LogP contribution is -2.45. The molecule has 0 unspecified atom stereocenters. The van der Waals surface area contributed by atoms with Crippen LogP contribution in [0.25, 0.3) is 0 Å². The number of amides is 1. The molecule has 1 amide bonds. The van der Waals surface area contributed by atoms with Crippen LogP contribution in [-0.2, 0) is 16.2 Å². The number of aliphatic hydroxyl groups excluding tert-OH is 1. The van der Waals surface area contributed by atoms with Crippen molar-refractivity contribution in [2.24, 2.45) is 0 Å². The highest BCUT2D eigenvalue weighted by Gasteiger charge is 2.28. The molecule has 1 heterocycles. The Morgan fingerprint density at radius 1 is 1.37 bits per heavy atom. The Balaban J connectivity index is 1.93. The minimum Gasteiger partial charge on any atom is -0.443 e. The van der Waals surface area contributed by atoms with Gasteiger partial charge in [-0.15, -0.1) is 0 Å². The molecule has 1 N–H and O–H groups in total. The number of carbonyl (C=O) groups is 1. The zero-order valence-corrected chi connectivity index (χ0v) is 10.7. The van der Waals surface area contributed by atoms with Gasteiger partial charge in [-0.05, 0) is 12.5 Å². The van der Waals surface area contributed by atoms with Crippen molar-refractivity contribution in [2.75, 3.05) is 6.61 Å². The van der Waals surface area contributed by atoms with Crippen LogP contribution in [0.1, 0.15) is 12.5 Å². The zero-order valence-electron chi connectivity index (χ0n) is 10.7. The Morgan fingerprint density at radius 2 is 2.11 bits per heavy atom. The molecule has 0 spiro atoms. The van der Waals surface area contributed by atoms with Gasteiger partial charge in [0.05, 0.1) is 6.61 Å². The number of hydrogen-bond donors (Lipinski definition) is 1. The highest BCUT2D eigenvalue weighted by Crippen LogP contribution is 2.15. The maximum atomic E-state index is 11.9. The molecule has 5 heteroatoms. The number of nitrogens with zero attached hydrogens (tertiary/aromatic N) is 1. The molecule has 5 nitrogen and oxygen atoms in total. The summed E-state index contributed by atoms with van der Waals surface area (Å²) in [6.45, 7) is 1.78. The summed E-state index contributed by atoms with van der Waals surface area (Å²) in [6.07, 6.45) is 2.71. The van der Waals surface area contributed by atoms with E-state index in [2.05, 4.69) is 0 Å². The summed E-state index contributed by atoms with van der Waals surface area (Å²) in [5.41, 5.74) is 0.900. The molecule has 0 saturated carbocycles. The monoisotopic (exact) mass is 263 g/mol. The van der Waals surface area contributed by atoms with Crippen LogP contribution >= 0.6 is 0 Å². The predicted octanol–water partition coefficient (Wildman–Crippen LogP) is 1.88. The molecule has 19 heavy (non-hydrogen) atoms. The Hall–Kier alpha value is -1.85. The van der Waals surface area contributed by atoms with Gasteiger partial charge in [-0.1, -0.05) is 42.5 Å². The summed E-state index contributed by atoms with van der Waals surface area (Å²) < 4.78 is 5.16. The second-order valence-corrected chi connectivity index (χ2v) is 4.31. The van der Waals surface area contributed by atoms with Crippen LogP contribution in [0.5, 0.6) is 0 Å². The zero-order chi connectivity index (χ0) is 13.7. The topological polar surface area (TPSA) is 59.0 Å². The summed E-state index contributed by atoms with van der Waals surface area (Å²) in [6, 6.07) is 8.89. The third-order valence-electron chi connectivity index (χ3n) is 2.76. The standard InChI is InChI=1S/C14H17NO4/c1-11-7-8-13(9-16)15(19-11)14(17)18-10-12-5-3-2-4-6-12/h2-8,11,13,16H,9-10H2,1H3/t11-,13-/m1/s1. The second kappa shape index (κ2) is 6.36. The molecule has 1 aromatic rings. The van der Waals surface area contributed by atoms with Gasteiger partial charge in [0.25, 0.3) is 0 Å². The molecular formula is C14H17NO4. The van der Waals surface area contributed by atoms with Crippen LogP contribution in [0.2, 0.25) is 0 Å². The molecule has 0 saturated heterocycles. The van der Waals surface area contributed by atoms with Crippen molar-refractivity contribution in [3.8, 4) is 0 Å². The maximum Gasteiger partial charge on any atom is 0.434 e. The van der Waals surface area contributed by atoms with Crippen molar-refractivity contribution in [3.05, 3.63) is 48.0 Å². The lowest BCUT2D eigenvalue weighted by atomic mass is 10.2. The summed E-state index contributed by atoms with van der Waals surface area (Å²) in [4.78, 5) is 17.3. The minimum absolute atomic E-state index is 0.176. The molecule has 0 bridgehead atoms.